The van der Waals surface area contributed by atoms with Crippen molar-refractivity contribution in [3.05, 3.63) is 33.4 Å². The zero-order valence-electron chi connectivity index (χ0n) is 8.63. The number of hydrogen-bond acceptors (Lipinski definition) is 1. The molecule has 1 aromatic rings. The van der Waals surface area contributed by atoms with Gasteiger partial charge < -0.3 is 5.73 Å². The van der Waals surface area contributed by atoms with Crippen LogP contribution >= 0.6 is 22.6 Å². The van der Waals surface area contributed by atoms with Crippen molar-refractivity contribution in [2.75, 3.05) is 6.54 Å². The van der Waals surface area contributed by atoms with Gasteiger partial charge in [0, 0.05) is 3.57 Å². The number of nitrogens with two attached hydrogens (primary N) is 1. The summed E-state index contributed by atoms with van der Waals surface area (Å²) in [5.41, 5.74) is 7.62. The van der Waals surface area contributed by atoms with Gasteiger partial charge in [-0.3, -0.25) is 0 Å². The van der Waals surface area contributed by atoms with Crippen molar-refractivity contribution in [3.8, 4) is 0 Å². The minimum Gasteiger partial charge on any atom is -0.330 e. The molecule has 1 saturated carbocycles. The van der Waals surface area contributed by atoms with Crippen molar-refractivity contribution < 1.29 is 0 Å². The van der Waals surface area contributed by atoms with Crippen molar-refractivity contribution >= 4 is 22.6 Å². The standard InChI is InChI=1S/C12H16IN/c1-12(2)10(7-14)11(12)8-3-5-9(13)6-4-8/h3-6,10-11H,7,14H2,1-2H3. The van der Waals surface area contributed by atoms with E-state index in [0.29, 0.717) is 17.3 Å². The lowest BCUT2D eigenvalue weighted by Gasteiger charge is -2.02. The summed E-state index contributed by atoms with van der Waals surface area (Å²) in [5.74, 6) is 1.34. The Morgan fingerprint density at radius 3 is 2.29 bits per heavy atom. The van der Waals surface area contributed by atoms with Gasteiger partial charge in [-0.05, 0) is 64.1 Å². The van der Waals surface area contributed by atoms with E-state index in [1.54, 1.807) is 0 Å². The Balaban J connectivity index is 2.22. The molecule has 1 aromatic carbocycles. The monoisotopic (exact) mass is 301 g/mol. The summed E-state index contributed by atoms with van der Waals surface area (Å²) < 4.78 is 1.30. The van der Waals surface area contributed by atoms with Crippen LogP contribution in [0.25, 0.3) is 0 Å². The van der Waals surface area contributed by atoms with Gasteiger partial charge in [0.25, 0.3) is 0 Å². The fraction of sp³-hybridized carbons (Fsp3) is 0.500. The van der Waals surface area contributed by atoms with Crippen LogP contribution in [0.5, 0.6) is 0 Å². The molecule has 0 aliphatic heterocycles. The second kappa shape index (κ2) is 3.49. The molecular weight excluding hydrogens is 285 g/mol. The molecule has 0 radical (unpaired) electrons. The number of hydrogen-bond donors (Lipinski definition) is 1. The van der Waals surface area contributed by atoms with Crippen LogP contribution in [0, 0.1) is 14.9 Å². The van der Waals surface area contributed by atoms with Gasteiger partial charge in [-0.25, -0.2) is 0 Å². The molecule has 1 aliphatic rings. The van der Waals surface area contributed by atoms with Crippen LogP contribution in [0.4, 0.5) is 0 Å². The van der Waals surface area contributed by atoms with Crippen LogP contribution in [0.3, 0.4) is 0 Å². The van der Waals surface area contributed by atoms with Crippen LogP contribution in [-0.4, -0.2) is 6.54 Å². The fourth-order valence-corrected chi connectivity index (χ4v) is 2.88. The summed E-state index contributed by atoms with van der Waals surface area (Å²) in [6.07, 6.45) is 0. The zero-order chi connectivity index (χ0) is 10.3. The van der Waals surface area contributed by atoms with E-state index in [-0.39, 0.29) is 0 Å². The van der Waals surface area contributed by atoms with Crippen molar-refractivity contribution in [1.82, 2.24) is 0 Å². The van der Waals surface area contributed by atoms with Gasteiger partial charge >= 0.3 is 0 Å². The average Bonchev–Trinajstić information content (AvgIpc) is 2.69. The lowest BCUT2D eigenvalue weighted by atomic mass is 10.0. The van der Waals surface area contributed by atoms with E-state index in [2.05, 4.69) is 60.7 Å². The molecule has 0 heterocycles. The van der Waals surface area contributed by atoms with E-state index in [4.69, 9.17) is 5.73 Å². The highest BCUT2D eigenvalue weighted by atomic mass is 127. The zero-order valence-corrected chi connectivity index (χ0v) is 10.8. The molecule has 0 spiro atoms. The van der Waals surface area contributed by atoms with Gasteiger partial charge in [-0.15, -0.1) is 0 Å². The van der Waals surface area contributed by atoms with Crippen molar-refractivity contribution in [2.45, 2.75) is 19.8 Å². The molecule has 2 heteroatoms. The van der Waals surface area contributed by atoms with Gasteiger partial charge in [0.2, 0.25) is 0 Å². The van der Waals surface area contributed by atoms with Crippen molar-refractivity contribution in [3.63, 3.8) is 0 Å². The normalized spacial score (nSPS) is 28.9. The summed E-state index contributed by atoms with van der Waals surface area (Å²) in [7, 11) is 0. The molecule has 2 unspecified atom stereocenters. The Morgan fingerprint density at radius 2 is 1.86 bits per heavy atom. The minimum atomic E-state index is 0.404. The highest BCUT2D eigenvalue weighted by Crippen LogP contribution is 2.63. The quantitative estimate of drug-likeness (QED) is 0.835. The Bertz CT molecular complexity index is 329. The molecule has 1 aliphatic carbocycles. The topological polar surface area (TPSA) is 26.0 Å². The maximum atomic E-state index is 5.77. The van der Waals surface area contributed by atoms with E-state index in [1.807, 2.05) is 0 Å². The highest BCUT2D eigenvalue weighted by Gasteiger charge is 2.56. The van der Waals surface area contributed by atoms with Crippen LogP contribution in [0.15, 0.2) is 24.3 Å². The molecule has 0 aromatic heterocycles. The second-order valence-electron chi connectivity index (χ2n) is 4.69. The maximum absolute atomic E-state index is 5.77. The Labute approximate surface area is 99.2 Å². The third-order valence-corrected chi connectivity index (χ3v) is 4.25. The molecule has 0 bridgehead atoms. The maximum Gasteiger partial charge on any atom is 0.0130 e. The summed E-state index contributed by atoms with van der Waals surface area (Å²) in [6, 6.07) is 8.84. The second-order valence-corrected chi connectivity index (χ2v) is 5.94. The SMILES string of the molecule is CC1(C)C(CN)C1c1ccc(I)cc1. The van der Waals surface area contributed by atoms with E-state index in [9.17, 15) is 0 Å². The summed E-state index contributed by atoms with van der Waals surface area (Å²) in [6.45, 7) is 5.43. The average molecular weight is 301 g/mol. The Hall–Kier alpha value is -0.0900. The molecule has 1 fully saturated rings. The van der Waals surface area contributed by atoms with Gasteiger partial charge in [0.15, 0.2) is 0 Å². The first-order chi connectivity index (χ1) is 6.57. The van der Waals surface area contributed by atoms with Gasteiger partial charge in [0.1, 0.15) is 0 Å². The third-order valence-electron chi connectivity index (χ3n) is 3.53. The van der Waals surface area contributed by atoms with Crippen molar-refractivity contribution in [1.29, 1.82) is 0 Å². The van der Waals surface area contributed by atoms with E-state index in [0.717, 1.165) is 6.54 Å². The van der Waals surface area contributed by atoms with Gasteiger partial charge in [-0.2, -0.15) is 0 Å². The molecule has 2 N–H and O–H groups in total. The number of benzene rings is 1. The summed E-state index contributed by atoms with van der Waals surface area (Å²) in [4.78, 5) is 0. The van der Waals surface area contributed by atoms with Gasteiger partial charge in [0.05, 0.1) is 0 Å². The van der Waals surface area contributed by atoms with E-state index >= 15 is 0 Å². The Morgan fingerprint density at radius 1 is 1.29 bits per heavy atom. The molecular formula is C12H16IN. The largest absolute Gasteiger partial charge is 0.330 e. The Kier molecular flexibility index (Phi) is 2.60. The molecule has 0 amide bonds. The lowest BCUT2D eigenvalue weighted by Crippen LogP contribution is -2.05. The lowest BCUT2D eigenvalue weighted by molar-refractivity contribution is 0.558. The summed E-state index contributed by atoms with van der Waals surface area (Å²) in [5, 5.41) is 0. The predicted molar refractivity (Wildman–Crippen MR) is 68.2 cm³/mol. The molecule has 2 rings (SSSR count). The fourth-order valence-electron chi connectivity index (χ4n) is 2.52. The number of halogens is 1. The minimum absolute atomic E-state index is 0.404. The first-order valence-corrected chi connectivity index (χ1v) is 6.10. The van der Waals surface area contributed by atoms with Crippen LogP contribution < -0.4 is 5.73 Å². The number of rotatable bonds is 2. The van der Waals surface area contributed by atoms with E-state index < -0.39 is 0 Å². The third kappa shape index (κ3) is 1.58. The highest BCUT2D eigenvalue weighted by molar-refractivity contribution is 14.1. The summed E-state index contributed by atoms with van der Waals surface area (Å²) >= 11 is 2.34. The first-order valence-electron chi connectivity index (χ1n) is 5.03. The van der Waals surface area contributed by atoms with Crippen LogP contribution in [0.1, 0.15) is 25.3 Å². The first kappa shape index (κ1) is 10.4. The van der Waals surface area contributed by atoms with Crippen LogP contribution in [-0.2, 0) is 0 Å². The van der Waals surface area contributed by atoms with Crippen LogP contribution in [0.2, 0.25) is 0 Å². The van der Waals surface area contributed by atoms with E-state index in [1.165, 1.54) is 9.13 Å². The smallest absolute Gasteiger partial charge is 0.0130 e. The predicted octanol–water partition coefficient (Wildman–Crippen LogP) is 2.99. The van der Waals surface area contributed by atoms with Gasteiger partial charge in [-0.1, -0.05) is 26.0 Å². The molecule has 0 saturated heterocycles. The van der Waals surface area contributed by atoms with Crippen molar-refractivity contribution in [2.24, 2.45) is 17.1 Å². The molecule has 2 atom stereocenters. The molecule has 14 heavy (non-hydrogen) atoms. The molecule has 76 valence electrons. The molecule has 1 nitrogen and oxygen atoms in total.